The molecule has 2 heterocycles. The lowest BCUT2D eigenvalue weighted by molar-refractivity contribution is 0.102. The maximum atomic E-state index is 12.7. The summed E-state index contributed by atoms with van der Waals surface area (Å²) in [7, 11) is 1.61. The fraction of sp³-hybridized carbons (Fsp3) is 0.150. The second-order valence-electron chi connectivity index (χ2n) is 6.42. The normalized spacial score (nSPS) is 10.7. The molecular formula is C20H19N7O2. The van der Waals surface area contributed by atoms with Crippen LogP contribution in [0.5, 0.6) is 5.75 Å². The van der Waals surface area contributed by atoms with E-state index >= 15 is 0 Å². The van der Waals surface area contributed by atoms with Crippen LogP contribution in [0.3, 0.4) is 0 Å². The minimum Gasteiger partial charge on any atom is -0.497 e. The molecule has 0 radical (unpaired) electrons. The summed E-state index contributed by atoms with van der Waals surface area (Å²) in [5, 5.41) is 18.9. The molecular weight excluding hydrogens is 370 g/mol. The summed E-state index contributed by atoms with van der Waals surface area (Å²) in [6.45, 7) is 3.72. The summed E-state index contributed by atoms with van der Waals surface area (Å²) in [4.78, 5) is 12.7. The van der Waals surface area contributed by atoms with Crippen LogP contribution in [-0.2, 0) is 0 Å². The highest BCUT2D eigenvalue weighted by Gasteiger charge is 2.17. The number of hydrogen-bond acceptors (Lipinski definition) is 6. The number of hydrogen-bond donors (Lipinski definition) is 1. The molecule has 0 bridgehead atoms. The summed E-state index contributed by atoms with van der Waals surface area (Å²) in [5.41, 5.74) is 4.13. The standard InChI is InChI=1S/C20H19N7O2/c1-13-12-21-24-26(13)16-6-4-15(5-7-16)22-20(28)19-14(2)27(25-23-19)17-8-10-18(29-3)11-9-17/h4-12H,1-3H3,(H,22,28). The van der Waals surface area contributed by atoms with Gasteiger partial charge in [0.15, 0.2) is 5.69 Å². The highest BCUT2D eigenvalue weighted by Crippen LogP contribution is 2.18. The molecule has 9 nitrogen and oxygen atoms in total. The first kappa shape index (κ1) is 18.4. The Hall–Kier alpha value is -4.01. The van der Waals surface area contributed by atoms with Gasteiger partial charge in [-0.1, -0.05) is 10.4 Å². The van der Waals surface area contributed by atoms with E-state index in [0.717, 1.165) is 22.8 Å². The predicted octanol–water partition coefficient (Wildman–Crippen LogP) is 2.73. The molecule has 9 heteroatoms. The Bertz CT molecular complexity index is 1140. The first-order valence-electron chi connectivity index (χ1n) is 8.92. The van der Waals surface area contributed by atoms with Gasteiger partial charge in [-0.25, -0.2) is 9.36 Å². The molecule has 0 spiro atoms. The van der Waals surface area contributed by atoms with Crippen molar-refractivity contribution in [2.45, 2.75) is 13.8 Å². The van der Waals surface area contributed by atoms with Crippen molar-refractivity contribution in [3.8, 4) is 17.1 Å². The number of amides is 1. The van der Waals surface area contributed by atoms with Crippen LogP contribution >= 0.6 is 0 Å². The van der Waals surface area contributed by atoms with Crippen LogP contribution in [0.15, 0.2) is 54.7 Å². The van der Waals surface area contributed by atoms with Gasteiger partial charge in [-0.2, -0.15) is 0 Å². The summed E-state index contributed by atoms with van der Waals surface area (Å²) in [6, 6.07) is 14.7. The van der Waals surface area contributed by atoms with E-state index in [9.17, 15) is 4.79 Å². The van der Waals surface area contributed by atoms with Gasteiger partial charge in [0.25, 0.3) is 5.91 Å². The van der Waals surface area contributed by atoms with Gasteiger partial charge >= 0.3 is 0 Å². The molecule has 4 aromatic rings. The minimum absolute atomic E-state index is 0.261. The van der Waals surface area contributed by atoms with Crippen LogP contribution in [0.4, 0.5) is 5.69 Å². The summed E-state index contributed by atoms with van der Waals surface area (Å²) in [5.74, 6) is 0.418. The van der Waals surface area contributed by atoms with Gasteiger partial charge in [-0.3, -0.25) is 4.79 Å². The molecule has 2 aromatic carbocycles. The van der Waals surface area contributed by atoms with Crippen molar-refractivity contribution >= 4 is 11.6 Å². The lowest BCUT2D eigenvalue weighted by Gasteiger charge is -2.07. The Morgan fingerprint density at radius 2 is 1.59 bits per heavy atom. The third kappa shape index (κ3) is 3.57. The zero-order chi connectivity index (χ0) is 20.4. The van der Waals surface area contributed by atoms with Crippen molar-refractivity contribution in [1.29, 1.82) is 0 Å². The molecule has 0 saturated heterocycles. The van der Waals surface area contributed by atoms with Crippen LogP contribution in [0.2, 0.25) is 0 Å². The lowest BCUT2D eigenvalue weighted by atomic mass is 10.2. The quantitative estimate of drug-likeness (QED) is 0.563. The van der Waals surface area contributed by atoms with Crippen molar-refractivity contribution in [3.63, 3.8) is 0 Å². The fourth-order valence-electron chi connectivity index (χ4n) is 2.93. The average Bonchev–Trinajstić information content (AvgIpc) is 3.34. The van der Waals surface area contributed by atoms with Crippen LogP contribution in [0, 0.1) is 13.8 Å². The number of aromatic nitrogens is 6. The number of aryl methyl sites for hydroxylation is 1. The molecule has 146 valence electrons. The average molecular weight is 389 g/mol. The molecule has 2 aromatic heterocycles. The molecule has 0 atom stereocenters. The number of benzene rings is 2. The Kier molecular flexibility index (Phi) is 4.78. The second kappa shape index (κ2) is 7.55. The first-order valence-corrected chi connectivity index (χ1v) is 8.92. The number of nitrogens with one attached hydrogen (secondary N) is 1. The number of nitrogens with zero attached hydrogens (tertiary/aromatic N) is 6. The Balaban J connectivity index is 1.51. The molecule has 0 aliphatic carbocycles. The molecule has 0 aliphatic rings. The van der Waals surface area contributed by atoms with Gasteiger partial charge in [0.2, 0.25) is 0 Å². The third-order valence-electron chi connectivity index (χ3n) is 4.52. The van der Waals surface area contributed by atoms with Crippen LogP contribution in [0.1, 0.15) is 21.9 Å². The molecule has 1 N–H and O–H groups in total. The van der Waals surface area contributed by atoms with E-state index in [2.05, 4.69) is 25.9 Å². The van der Waals surface area contributed by atoms with E-state index in [4.69, 9.17) is 4.74 Å². The SMILES string of the molecule is COc1ccc(-n2nnc(C(=O)Nc3ccc(-n4nncc4C)cc3)c2C)cc1. The molecule has 29 heavy (non-hydrogen) atoms. The molecule has 0 unspecified atom stereocenters. The maximum Gasteiger partial charge on any atom is 0.278 e. The summed E-state index contributed by atoms with van der Waals surface area (Å²) in [6.07, 6.45) is 1.69. The van der Waals surface area contributed by atoms with Crippen molar-refractivity contribution in [2.75, 3.05) is 12.4 Å². The van der Waals surface area contributed by atoms with Crippen molar-refractivity contribution < 1.29 is 9.53 Å². The van der Waals surface area contributed by atoms with E-state index < -0.39 is 0 Å². The third-order valence-corrected chi connectivity index (χ3v) is 4.52. The minimum atomic E-state index is -0.327. The molecule has 0 fully saturated rings. The van der Waals surface area contributed by atoms with Crippen molar-refractivity contribution in [3.05, 3.63) is 71.8 Å². The van der Waals surface area contributed by atoms with E-state index in [0.29, 0.717) is 11.4 Å². The predicted molar refractivity (Wildman–Crippen MR) is 107 cm³/mol. The smallest absolute Gasteiger partial charge is 0.278 e. The Morgan fingerprint density at radius 3 is 2.21 bits per heavy atom. The van der Waals surface area contributed by atoms with E-state index in [-0.39, 0.29) is 11.6 Å². The molecule has 4 rings (SSSR count). The van der Waals surface area contributed by atoms with Gasteiger partial charge in [-0.05, 0) is 62.4 Å². The number of ether oxygens (including phenoxy) is 1. The lowest BCUT2D eigenvalue weighted by Crippen LogP contribution is -2.14. The number of rotatable bonds is 5. The Morgan fingerprint density at radius 1 is 0.931 bits per heavy atom. The zero-order valence-corrected chi connectivity index (χ0v) is 16.2. The second-order valence-corrected chi connectivity index (χ2v) is 6.42. The van der Waals surface area contributed by atoms with Crippen molar-refractivity contribution in [1.82, 2.24) is 30.0 Å². The maximum absolute atomic E-state index is 12.7. The number of anilines is 1. The van der Waals surface area contributed by atoms with Crippen LogP contribution < -0.4 is 10.1 Å². The van der Waals surface area contributed by atoms with Gasteiger partial charge in [0.05, 0.1) is 36.1 Å². The first-order chi connectivity index (χ1) is 14.1. The van der Waals surface area contributed by atoms with E-state index in [1.807, 2.05) is 43.3 Å². The van der Waals surface area contributed by atoms with Gasteiger partial charge < -0.3 is 10.1 Å². The monoisotopic (exact) mass is 389 g/mol. The highest BCUT2D eigenvalue weighted by molar-refractivity contribution is 6.03. The molecule has 0 aliphatic heterocycles. The highest BCUT2D eigenvalue weighted by atomic mass is 16.5. The van der Waals surface area contributed by atoms with E-state index in [1.165, 1.54) is 0 Å². The molecule has 0 saturated carbocycles. The van der Waals surface area contributed by atoms with Gasteiger partial charge in [-0.15, -0.1) is 10.2 Å². The van der Waals surface area contributed by atoms with Crippen molar-refractivity contribution in [2.24, 2.45) is 0 Å². The fourth-order valence-corrected chi connectivity index (χ4v) is 2.93. The van der Waals surface area contributed by atoms with Gasteiger partial charge in [0, 0.05) is 5.69 Å². The van der Waals surface area contributed by atoms with Crippen LogP contribution in [-0.4, -0.2) is 43.0 Å². The largest absolute Gasteiger partial charge is 0.497 e. The summed E-state index contributed by atoms with van der Waals surface area (Å²) < 4.78 is 8.50. The summed E-state index contributed by atoms with van der Waals surface area (Å²) >= 11 is 0. The van der Waals surface area contributed by atoms with E-state index in [1.54, 1.807) is 41.7 Å². The van der Waals surface area contributed by atoms with Gasteiger partial charge in [0.1, 0.15) is 5.75 Å². The number of carbonyl (C=O) groups is 1. The number of carbonyl (C=O) groups excluding carboxylic acids is 1. The number of methoxy groups -OCH3 is 1. The Labute approximate surface area is 166 Å². The topological polar surface area (TPSA) is 99.8 Å². The molecule has 1 amide bonds. The van der Waals surface area contributed by atoms with Crippen LogP contribution in [0.25, 0.3) is 11.4 Å². The zero-order valence-electron chi connectivity index (χ0n) is 16.2.